The average molecular weight is 224 g/mol. The number of aliphatic hydroxyl groups is 1. The quantitative estimate of drug-likeness (QED) is 0.562. The molecule has 0 radical (unpaired) electrons. The summed E-state index contributed by atoms with van der Waals surface area (Å²) in [4.78, 5) is 10.0. The first-order chi connectivity index (χ1) is 7.63. The van der Waals surface area contributed by atoms with Crippen molar-refractivity contribution in [1.82, 2.24) is 0 Å². The second-order valence-electron chi connectivity index (χ2n) is 3.76. The van der Waals surface area contributed by atoms with E-state index in [0.717, 1.165) is 24.8 Å². The fourth-order valence-electron chi connectivity index (χ4n) is 1.44. The SMILES string of the molecule is NC(CO)CCCc1ccc([N+](=O)[O-])cc1. The van der Waals surface area contributed by atoms with Crippen molar-refractivity contribution in [2.45, 2.75) is 25.3 Å². The van der Waals surface area contributed by atoms with Gasteiger partial charge in [0.05, 0.1) is 11.5 Å². The Morgan fingerprint density at radius 1 is 1.38 bits per heavy atom. The molecule has 1 rings (SSSR count). The van der Waals surface area contributed by atoms with E-state index in [0.29, 0.717) is 0 Å². The lowest BCUT2D eigenvalue weighted by Crippen LogP contribution is -2.24. The molecule has 0 aliphatic rings. The van der Waals surface area contributed by atoms with Crippen molar-refractivity contribution in [2.75, 3.05) is 6.61 Å². The van der Waals surface area contributed by atoms with Crippen molar-refractivity contribution in [1.29, 1.82) is 0 Å². The smallest absolute Gasteiger partial charge is 0.269 e. The Balaban J connectivity index is 2.40. The van der Waals surface area contributed by atoms with Gasteiger partial charge in [-0.15, -0.1) is 0 Å². The number of non-ortho nitro benzene ring substituents is 1. The zero-order chi connectivity index (χ0) is 12.0. The Labute approximate surface area is 94.0 Å². The third-order valence-electron chi connectivity index (χ3n) is 2.42. The molecule has 0 aliphatic heterocycles. The van der Waals surface area contributed by atoms with Gasteiger partial charge in [-0.05, 0) is 24.8 Å². The number of nitrogens with zero attached hydrogens (tertiary/aromatic N) is 1. The lowest BCUT2D eigenvalue weighted by atomic mass is 10.1. The number of nitro groups is 1. The standard InChI is InChI=1S/C11H16N2O3/c12-10(8-14)3-1-2-9-4-6-11(7-5-9)13(15)16/h4-7,10,14H,1-3,8,12H2. The van der Waals surface area contributed by atoms with Crippen LogP contribution in [0, 0.1) is 10.1 Å². The second kappa shape index (κ2) is 6.19. The zero-order valence-electron chi connectivity index (χ0n) is 9.00. The first-order valence-corrected chi connectivity index (χ1v) is 5.23. The summed E-state index contributed by atoms with van der Waals surface area (Å²) in [5, 5.41) is 19.1. The van der Waals surface area contributed by atoms with Crippen LogP contribution in [-0.4, -0.2) is 22.7 Å². The third kappa shape index (κ3) is 3.96. The van der Waals surface area contributed by atoms with E-state index in [1.54, 1.807) is 12.1 Å². The molecule has 1 aromatic carbocycles. The highest BCUT2D eigenvalue weighted by atomic mass is 16.6. The van der Waals surface area contributed by atoms with Crippen LogP contribution in [0.1, 0.15) is 18.4 Å². The van der Waals surface area contributed by atoms with Gasteiger partial charge in [0.1, 0.15) is 0 Å². The largest absolute Gasteiger partial charge is 0.395 e. The maximum atomic E-state index is 10.4. The third-order valence-corrected chi connectivity index (χ3v) is 2.42. The second-order valence-corrected chi connectivity index (χ2v) is 3.76. The first-order valence-electron chi connectivity index (χ1n) is 5.23. The molecule has 1 unspecified atom stereocenters. The molecule has 0 saturated heterocycles. The van der Waals surface area contributed by atoms with E-state index in [1.807, 2.05) is 0 Å². The van der Waals surface area contributed by atoms with Gasteiger partial charge in [0, 0.05) is 18.2 Å². The minimum Gasteiger partial charge on any atom is -0.395 e. The fraction of sp³-hybridized carbons (Fsp3) is 0.455. The molecule has 5 heteroatoms. The molecule has 1 atom stereocenters. The van der Waals surface area contributed by atoms with Crippen molar-refractivity contribution < 1.29 is 10.0 Å². The highest BCUT2D eigenvalue weighted by Crippen LogP contribution is 2.13. The number of aliphatic hydroxyl groups excluding tert-OH is 1. The summed E-state index contributed by atoms with van der Waals surface area (Å²) in [7, 11) is 0. The predicted octanol–water partition coefficient (Wildman–Crippen LogP) is 1.24. The fourth-order valence-corrected chi connectivity index (χ4v) is 1.44. The van der Waals surface area contributed by atoms with Crippen LogP contribution in [-0.2, 0) is 6.42 Å². The molecule has 5 nitrogen and oxygen atoms in total. The molecule has 0 fully saturated rings. The van der Waals surface area contributed by atoms with Crippen molar-refractivity contribution in [3.63, 3.8) is 0 Å². The van der Waals surface area contributed by atoms with Crippen LogP contribution in [0.25, 0.3) is 0 Å². The highest BCUT2D eigenvalue weighted by Gasteiger charge is 2.04. The average Bonchev–Trinajstić information content (AvgIpc) is 2.29. The predicted molar refractivity (Wildman–Crippen MR) is 61.1 cm³/mol. The summed E-state index contributed by atoms with van der Waals surface area (Å²) in [6.45, 7) is 0.000259. The number of hydrogen-bond donors (Lipinski definition) is 2. The van der Waals surface area contributed by atoms with Crippen molar-refractivity contribution in [3.8, 4) is 0 Å². The highest BCUT2D eigenvalue weighted by molar-refractivity contribution is 5.32. The van der Waals surface area contributed by atoms with Crippen LogP contribution in [0.2, 0.25) is 0 Å². The van der Waals surface area contributed by atoms with Gasteiger partial charge < -0.3 is 10.8 Å². The molecule has 0 aromatic heterocycles. The molecule has 0 bridgehead atoms. The van der Waals surface area contributed by atoms with Gasteiger partial charge in [-0.25, -0.2) is 0 Å². The van der Waals surface area contributed by atoms with Crippen LogP contribution >= 0.6 is 0 Å². The van der Waals surface area contributed by atoms with Crippen LogP contribution in [0.3, 0.4) is 0 Å². The number of benzene rings is 1. The van der Waals surface area contributed by atoms with Crippen LogP contribution in [0.4, 0.5) is 5.69 Å². The van der Waals surface area contributed by atoms with Crippen molar-refractivity contribution >= 4 is 5.69 Å². The van der Waals surface area contributed by atoms with Crippen molar-refractivity contribution in [2.24, 2.45) is 5.73 Å². The normalized spacial score (nSPS) is 12.4. The van der Waals surface area contributed by atoms with Crippen LogP contribution in [0.5, 0.6) is 0 Å². The van der Waals surface area contributed by atoms with Gasteiger partial charge >= 0.3 is 0 Å². The molecule has 16 heavy (non-hydrogen) atoms. The molecule has 0 amide bonds. The van der Waals surface area contributed by atoms with Crippen LogP contribution in [0.15, 0.2) is 24.3 Å². The number of nitro benzene ring substituents is 1. The molecule has 0 saturated carbocycles. The summed E-state index contributed by atoms with van der Waals surface area (Å²) < 4.78 is 0. The van der Waals surface area contributed by atoms with Gasteiger partial charge in [-0.3, -0.25) is 10.1 Å². The van der Waals surface area contributed by atoms with Gasteiger partial charge in [0.2, 0.25) is 0 Å². The monoisotopic (exact) mass is 224 g/mol. The molecule has 88 valence electrons. The summed E-state index contributed by atoms with van der Waals surface area (Å²) in [6, 6.07) is 6.34. The number of rotatable bonds is 6. The molecule has 0 aliphatic carbocycles. The summed E-state index contributed by atoms with van der Waals surface area (Å²) in [5.41, 5.74) is 6.72. The van der Waals surface area contributed by atoms with Gasteiger partial charge in [-0.1, -0.05) is 12.1 Å². The first kappa shape index (κ1) is 12.6. The Morgan fingerprint density at radius 3 is 2.50 bits per heavy atom. The van der Waals surface area contributed by atoms with E-state index in [2.05, 4.69) is 0 Å². The minimum atomic E-state index is -0.411. The molecule has 0 heterocycles. The molecule has 0 spiro atoms. The Hall–Kier alpha value is -1.46. The van der Waals surface area contributed by atoms with E-state index < -0.39 is 4.92 Å². The molecule has 1 aromatic rings. The Morgan fingerprint density at radius 2 is 2.00 bits per heavy atom. The lowest BCUT2D eigenvalue weighted by molar-refractivity contribution is -0.384. The lowest BCUT2D eigenvalue weighted by Gasteiger charge is -2.07. The van der Waals surface area contributed by atoms with E-state index in [9.17, 15) is 10.1 Å². The van der Waals surface area contributed by atoms with E-state index in [1.165, 1.54) is 12.1 Å². The zero-order valence-corrected chi connectivity index (χ0v) is 9.00. The number of aryl methyl sites for hydroxylation is 1. The Kier molecular flexibility index (Phi) is 4.88. The topological polar surface area (TPSA) is 89.4 Å². The van der Waals surface area contributed by atoms with Gasteiger partial charge in [-0.2, -0.15) is 0 Å². The van der Waals surface area contributed by atoms with E-state index in [-0.39, 0.29) is 18.3 Å². The molecular weight excluding hydrogens is 208 g/mol. The van der Waals surface area contributed by atoms with Gasteiger partial charge in [0.25, 0.3) is 5.69 Å². The van der Waals surface area contributed by atoms with E-state index in [4.69, 9.17) is 10.8 Å². The van der Waals surface area contributed by atoms with Crippen molar-refractivity contribution in [3.05, 3.63) is 39.9 Å². The summed E-state index contributed by atoms with van der Waals surface area (Å²) in [6.07, 6.45) is 2.46. The van der Waals surface area contributed by atoms with Gasteiger partial charge in [0.15, 0.2) is 0 Å². The Bertz CT molecular complexity index is 338. The van der Waals surface area contributed by atoms with E-state index >= 15 is 0 Å². The summed E-state index contributed by atoms with van der Waals surface area (Å²) in [5.74, 6) is 0. The summed E-state index contributed by atoms with van der Waals surface area (Å²) >= 11 is 0. The number of hydrogen-bond acceptors (Lipinski definition) is 4. The number of nitrogens with two attached hydrogens (primary N) is 1. The molecule has 3 N–H and O–H groups in total. The maximum Gasteiger partial charge on any atom is 0.269 e. The maximum absolute atomic E-state index is 10.4. The minimum absolute atomic E-state index is 0.000259. The van der Waals surface area contributed by atoms with Crippen LogP contribution < -0.4 is 5.73 Å². The molecular formula is C11H16N2O3.